The van der Waals surface area contributed by atoms with E-state index in [1.165, 1.54) is 35.1 Å². The predicted molar refractivity (Wildman–Crippen MR) is 113 cm³/mol. The SMILES string of the molecule is CCOC(=O)CC1C(C#N)C(n2cc(C(N)=O)c(Nc3ccc(F)cc3)n2)CCN1C(=O)O. The van der Waals surface area contributed by atoms with Crippen LogP contribution >= 0.6 is 0 Å². The number of ether oxygens (including phenoxy) is 1. The van der Waals surface area contributed by atoms with Gasteiger partial charge in [-0.05, 0) is 37.6 Å². The number of hydrogen-bond acceptors (Lipinski definition) is 7. The van der Waals surface area contributed by atoms with E-state index in [4.69, 9.17) is 10.5 Å². The number of hydrogen-bond donors (Lipinski definition) is 3. The lowest BCUT2D eigenvalue weighted by molar-refractivity contribution is -0.145. The molecule has 2 heterocycles. The number of nitriles is 1. The number of piperidine rings is 1. The average molecular weight is 458 g/mol. The summed E-state index contributed by atoms with van der Waals surface area (Å²) in [5.41, 5.74) is 5.99. The zero-order chi connectivity index (χ0) is 24.1. The number of aromatic nitrogens is 2. The minimum Gasteiger partial charge on any atom is -0.466 e. The number of benzene rings is 1. The smallest absolute Gasteiger partial charge is 0.407 e. The van der Waals surface area contributed by atoms with E-state index >= 15 is 0 Å². The minimum atomic E-state index is -1.25. The Morgan fingerprint density at radius 2 is 2.06 bits per heavy atom. The lowest BCUT2D eigenvalue weighted by atomic mass is 9.84. The van der Waals surface area contributed by atoms with Crippen LogP contribution in [0.25, 0.3) is 0 Å². The quantitative estimate of drug-likeness (QED) is 0.532. The second-order valence-electron chi connectivity index (χ2n) is 7.43. The van der Waals surface area contributed by atoms with Crippen molar-refractivity contribution in [2.45, 2.75) is 31.8 Å². The first kappa shape index (κ1) is 23.5. The van der Waals surface area contributed by atoms with Gasteiger partial charge in [-0.15, -0.1) is 0 Å². The van der Waals surface area contributed by atoms with Crippen molar-refractivity contribution < 1.29 is 28.6 Å². The number of rotatable bonds is 7. The van der Waals surface area contributed by atoms with Crippen molar-refractivity contribution in [1.82, 2.24) is 14.7 Å². The first-order valence-electron chi connectivity index (χ1n) is 10.2. The summed E-state index contributed by atoms with van der Waals surface area (Å²) in [7, 11) is 0. The normalized spacial score (nSPS) is 20.0. The zero-order valence-electron chi connectivity index (χ0n) is 17.8. The molecule has 2 aromatic rings. The van der Waals surface area contributed by atoms with Crippen LogP contribution in [0.2, 0.25) is 0 Å². The molecule has 3 unspecified atom stereocenters. The predicted octanol–water partition coefficient (Wildman–Crippen LogP) is 2.25. The lowest BCUT2D eigenvalue weighted by Gasteiger charge is -2.40. The number of likely N-dealkylation sites (tertiary alicyclic amines) is 1. The summed E-state index contributed by atoms with van der Waals surface area (Å²) < 4.78 is 19.5. The van der Waals surface area contributed by atoms with Crippen molar-refractivity contribution in [3.8, 4) is 6.07 Å². The molecular formula is C21H23FN6O5. The molecule has 2 amide bonds. The maximum absolute atomic E-state index is 13.2. The van der Waals surface area contributed by atoms with Gasteiger partial charge >= 0.3 is 12.1 Å². The number of carbonyl (C=O) groups is 3. The highest BCUT2D eigenvalue weighted by atomic mass is 19.1. The van der Waals surface area contributed by atoms with E-state index in [0.29, 0.717) is 5.69 Å². The summed E-state index contributed by atoms with van der Waals surface area (Å²) in [6, 6.07) is 5.88. The summed E-state index contributed by atoms with van der Waals surface area (Å²) in [5.74, 6) is -2.67. The van der Waals surface area contributed by atoms with Gasteiger partial charge in [0.25, 0.3) is 5.91 Å². The van der Waals surface area contributed by atoms with Crippen LogP contribution in [0.4, 0.5) is 20.7 Å². The zero-order valence-corrected chi connectivity index (χ0v) is 17.8. The maximum atomic E-state index is 13.2. The van der Waals surface area contributed by atoms with Crippen molar-refractivity contribution >= 4 is 29.5 Å². The van der Waals surface area contributed by atoms with Gasteiger partial charge in [-0.2, -0.15) is 10.4 Å². The summed E-state index contributed by atoms with van der Waals surface area (Å²) in [4.78, 5) is 36.9. The largest absolute Gasteiger partial charge is 0.466 e. The van der Waals surface area contributed by atoms with E-state index < -0.39 is 41.8 Å². The second-order valence-corrected chi connectivity index (χ2v) is 7.43. The number of primary amides is 1. The third-order valence-electron chi connectivity index (χ3n) is 5.42. The number of carboxylic acid groups (broad SMARTS) is 1. The van der Waals surface area contributed by atoms with E-state index in [-0.39, 0.29) is 37.4 Å². The highest BCUT2D eigenvalue weighted by Crippen LogP contribution is 2.35. The van der Waals surface area contributed by atoms with Crippen molar-refractivity contribution in [2.24, 2.45) is 11.7 Å². The third-order valence-corrected chi connectivity index (χ3v) is 5.42. The topological polar surface area (TPSA) is 164 Å². The molecule has 1 aliphatic heterocycles. The van der Waals surface area contributed by atoms with Crippen LogP contribution in [-0.2, 0) is 9.53 Å². The van der Waals surface area contributed by atoms with E-state index in [2.05, 4.69) is 16.5 Å². The Bertz CT molecular complexity index is 1080. The van der Waals surface area contributed by atoms with Gasteiger partial charge in [0.05, 0.1) is 37.1 Å². The van der Waals surface area contributed by atoms with E-state index in [1.54, 1.807) is 6.92 Å². The van der Waals surface area contributed by atoms with Crippen LogP contribution in [0.15, 0.2) is 30.5 Å². The van der Waals surface area contributed by atoms with Gasteiger partial charge in [-0.1, -0.05) is 0 Å². The number of carbonyl (C=O) groups excluding carboxylic acids is 2. The molecule has 0 aliphatic carbocycles. The van der Waals surface area contributed by atoms with Crippen LogP contribution in [0, 0.1) is 23.1 Å². The number of anilines is 2. The molecule has 0 bridgehead atoms. The Hall–Kier alpha value is -4.14. The summed E-state index contributed by atoms with van der Waals surface area (Å²) in [6.45, 7) is 1.80. The number of nitrogens with one attached hydrogen (secondary N) is 1. The average Bonchev–Trinajstić information content (AvgIpc) is 3.19. The fourth-order valence-corrected chi connectivity index (χ4v) is 3.91. The van der Waals surface area contributed by atoms with Gasteiger partial charge in [-0.25, -0.2) is 9.18 Å². The van der Waals surface area contributed by atoms with Crippen LogP contribution < -0.4 is 11.1 Å². The van der Waals surface area contributed by atoms with E-state index in [9.17, 15) is 29.1 Å². The molecular weight excluding hydrogens is 435 g/mol. The molecule has 1 aliphatic rings. The van der Waals surface area contributed by atoms with Crippen LogP contribution in [-0.4, -0.2) is 57.0 Å². The van der Waals surface area contributed by atoms with Crippen molar-refractivity contribution in [2.75, 3.05) is 18.5 Å². The van der Waals surface area contributed by atoms with Crippen LogP contribution in [0.5, 0.6) is 0 Å². The molecule has 4 N–H and O–H groups in total. The Labute approximate surface area is 188 Å². The molecule has 0 saturated carbocycles. The molecule has 0 radical (unpaired) electrons. The van der Waals surface area contributed by atoms with Gasteiger partial charge in [0.2, 0.25) is 0 Å². The second kappa shape index (κ2) is 9.99. The Morgan fingerprint density at radius 3 is 2.64 bits per heavy atom. The number of amides is 2. The van der Waals surface area contributed by atoms with Gasteiger partial charge in [0.1, 0.15) is 11.4 Å². The summed E-state index contributed by atoms with van der Waals surface area (Å²) >= 11 is 0. The summed E-state index contributed by atoms with van der Waals surface area (Å²) in [6.07, 6.45) is 0.0558. The highest BCUT2D eigenvalue weighted by Gasteiger charge is 2.43. The Balaban J connectivity index is 1.94. The molecule has 3 rings (SSSR count). The fraction of sp³-hybridized carbons (Fsp3) is 0.381. The molecule has 33 heavy (non-hydrogen) atoms. The molecule has 1 fully saturated rings. The standard InChI is InChI=1S/C21H23FN6O5/c1-2-33-18(29)9-17-14(10-23)16(7-8-27(17)21(31)32)28-11-15(19(24)30)20(26-28)25-13-5-3-12(22)4-6-13/h3-6,11,14,16-17H,2,7-9H2,1H3,(H2,24,30)(H,25,26)(H,31,32). The molecule has 0 spiro atoms. The van der Waals surface area contributed by atoms with Crippen LogP contribution in [0.3, 0.4) is 0 Å². The van der Waals surface area contributed by atoms with Gasteiger partial charge in [-0.3, -0.25) is 14.3 Å². The first-order chi connectivity index (χ1) is 15.7. The highest BCUT2D eigenvalue weighted by molar-refractivity contribution is 5.98. The molecule has 12 heteroatoms. The Morgan fingerprint density at radius 1 is 1.36 bits per heavy atom. The number of nitrogens with zero attached hydrogens (tertiary/aromatic N) is 4. The third kappa shape index (κ3) is 5.20. The van der Waals surface area contributed by atoms with Crippen molar-refractivity contribution in [3.63, 3.8) is 0 Å². The number of esters is 1. The molecule has 1 aromatic carbocycles. The van der Waals surface area contributed by atoms with Gasteiger partial charge in [0, 0.05) is 18.4 Å². The Kier molecular flexibility index (Phi) is 7.12. The van der Waals surface area contributed by atoms with Crippen molar-refractivity contribution in [1.29, 1.82) is 5.26 Å². The molecule has 174 valence electrons. The minimum absolute atomic E-state index is 0.0404. The molecule has 1 aromatic heterocycles. The van der Waals surface area contributed by atoms with Gasteiger partial charge < -0.3 is 25.8 Å². The fourth-order valence-electron chi connectivity index (χ4n) is 3.91. The van der Waals surface area contributed by atoms with E-state index in [0.717, 1.165) is 4.90 Å². The van der Waals surface area contributed by atoms with E-state index in [1.807, 2.05) is 0 Å². The van der Waals surface area contributed by atoms with Crippen molar-refractivity contribution in [3.05, 3.63) is 41.8 Å². The monoisotopic (exact) mass is 458 g/mol. The molecule has 3 atom stereocenters. The maximum Gasteiger partial charge on any atom is 0.407 e. The number of halogens is 1. The first-order valence-corrected chi connectivity index (χ1v) is 10.2. The van der Waals surface area contributed by atoms with Gasteiger partial charge in [0.15, 0.2) is 5.82 Å². The van der Waals surface area contributed by atoms with Crippen LogP contribution in [0.1, 0.15) is 36.2 Å². The lowest BCUT2D eigenvalue weighted by Crippen LogP contribution is -2.52. The number of nitrogens with two attached hydrogens (primary N) is 1. The molecule has 1 saturated heterocycles. The summed E-state index contributed by atoms with van der Waals surface area (Å²) in [5, 5.41) is 26.7. The molecule has 11 nitrogen and oxygen atoms in total.